The van der Waals surface area contributed by atoms with E-state index in [4.69, 9.17) is 4.74 Å². The zero-order chi connectivity index (χ0) is 12.4. The Balaban J connectivity index is 3.87. The standard InChI is InChI=1S/C14H26O2/c1-5-8-9-10-11-12-14(4,7-3)16-13(15)6-2/h6H,2,5,7-12H2,1,3-4H3. The number of rotatable bonds is 9. The topological polar surface area (TPSA) is 26.3 Å². The highest BCUT2D eigenvalue weighted by Crippen LogP contribution is 2.23. The minimum atomic E-state index is -0.308. The summed E-state index contributed by atoms with van der Waals surface area (Å²) >= 11 is 0. The van der Waals surface area contributed by atoms with Gasteiger partial charge in [0.15, 0.2) is 0 Å². The molecule has 0 bridgehead atoms. The Labute approximate surface area is 100 Å². The summed E-state index contributed by atoms with van der Waals surface area (Å²) in [6, 6.07) is 0. The van der Waals surface area contributed by atoms with Crippen molar-refractivity contribution >= 4 is 5.97 Å². The van der Waals surface area contributed by atoms with Gasteiger partial charge in [-0.1, -0.05) is 46.1 Å². The van der Waals surface area contributed by atoms with Crippen molar-refractivity contribution in [2.24, 2.45) is 0 Å². The summed E-state index contributed by atoms with van der Waals surface area (Å²) < 4.78 is 5.39. The SMILES string of the molecule is C=CC(=O)OC(C)(CC)CCCCCCC. The van der Waals surface area contributed by atoms with Gasteiger partial charge in [-0.3, -0.25) is 0 Å². The molecule has 94 valence electrons. The quantitative estimate of drug-likeness (QED) is 0.334. The molecule has 0 N–H and O–H groups in total. The summed E-state index contributed by atoms with van der Waals surface area (Å²) in [7, 11) is 0. The van der Waals surface area contributed by atoms with Crippen LogP contribution in [0.4, 0.5) is 0 Å². The zero-order valence-corrected chi connectivity index (χ0v) is 11.1. The van der Waals surface area contributed by atoms with Gasteiger partial charge < -0.3 is 4.74 Å². The molecule has 0 aromatic rings. The van der Waals surface area contributed by atoms with Crippen molar-refractivity contribution in [1.82, 2.24) is 0 Å². The lowest BCUT2D eigenvalue weighted by Crippen LogP contribution is -2.30. The Morgan fingerprint density at radius 2 is 1.88 bits per heavy atom. The third-order valence-electron chi connectivity index (χ3n) is 3.07. The van der Waals surface area contributed by atoms with Crippen molar-refractivity contribution < 1.29 is 9.53 Å². The fraction of sp³-hybridized carbons (Fsp3) is 0.786. The van der Waals surface area contributed by atoms with Crippen LogP contribution in [0.1, 0.15) is 65.7 Å². The summed E-state index contributed by atoms with van der Waals surface area (Å²) in [5, 5.41) is 0. The molecule has 0 aliphatic heterocycles. The Morgan fingerprint density at radius 1 is 1.25 bits per heavy atom. The van der Waals surface area contributed by atoms with Crippen LogP contribution in [0.3, 0.4) is 0 Å². The molecule has 0 aliphatic rings. The van der Waals surface area contributed by atoms with Crippen molar-refractivity contribution in [1.29, 1.82) is 0 Å². The highest BCUT2D eigenvalue weighted by molar-refractivity contribution is 5.81. The van der Waals surface area contributed by atoms with Gasteiger partial charge in [-0.15, -0.1) is 0 Å². The van der Waals surface area contributed by atoms with Crippen molar-refractivity contribution in [3.8, 4) is 0 Å². The smallest absolute Gasteiger partial charge is 0.330 e. The number of esters is 1. The predicted octanol–water partition coefficient (Wildman–Crippen LogP) is 4.24. The molecular formula is C14H26O2. The molecule has 1 atom stereocenters. The van der Waals surface area contributed by atoms with Crippen LogP contribution in [0.2, 0.25) is 0 Å². The number of unbranched alkanes of at least 4 members (excludes halogenated alkanes) is 4. The van der Waals surface area contributed by atoms with E-state index in [0.29, 0.717) is 0 Å². The van der Waals surface area contributed by atoms with Gasteiger partial charge in [-0.2, -0.15) is 0 Å². The number of hydrogen-bond donors (Lipinski definition) is 0. The van der Waals surface area contributed by atoms with Crippen LogP contribution in [0.25, 0.3) is 0 Å². The van der Waals surface area contributed by atoms with Crippen molar-refractivity contribution in [2.75, 3.05) is 0 Å². The lowest BCUT2D eigenvalue weighted by molar-refractivity contribution is -0.152. The molecule has 2 heteroatoms. The van der Waals surface area contributed by atoms with Crippen molar-refractivity contribution in [2.45, 2.75) is 71.3 Å². The molecule has 0 aliphatic carbocycles. The van der Waals surface area contributed by atoms with Gasteiger partial charge in [0.25, 0.3) is 0 Å². The highest BCUT2D eigenvalue weighted by atomic mass is 16.6. The monoisotopic (exact) mass is 226 g/mol. The molecule has 1 unspecified atom stereocenters. The first-order valence-corrected chi connectivity index (χ1v) is 6.43. The Bertz CT molecular complexity index is 211. The number of hydrogen-bond acceptors (Lipinski definition) is 2. The molecular weight excluding hydrogens is 200 g/mol. The van der Waals surface area contributed by atoms with Gasteiger partial charge in [-0.25, -0.2) is 4.79 Å². The number of ether oxygens (including phenoxy) is 1. The first kappa shape index (κ1) is 15.2. The molecule has 0 heterocycles. The average molecular weight is 226 g/mol. The van der Waals surface area contributed by atoms with E-state index in [0.717, 1.165) is 19.3 Å². The molecule has 2 nitrogen and oxygen atoms in total. The highest BCUT2D eigenvalue weighted by Gasteiger charge is 2.24. The van der Waals surface area contributed by atoms with E-state index >= 15 is 0 Å². The summed E-state index contributed by atoms with van der Waals surface area (Å²) in [6.07, 6.45) is 9.26. The Kier molecular flexibility index (Phi) is 7.96. The molecule has 0 aromatic heterocycles. The van der Waals surface area contributed by atoms with Gasteiger partial charge in [0.2, 0.25) is 0 Å². The van der Waals surface area contributed by atoms with Crippen molar-refractivity contribution in [3.05, 3.63) is 12.7 Å². The minimum Gasteiger partial charge on any atom is -0.456 e. The molecule has 16 heavy (non-hydrogen) atoms. The molecule has 0 fully saturated rings. The minimum absolute atomic E-state index is 0.307. The number of carbonyl (C=O) groups is 1. The second kappa shape index (κ2) is 8.37. The molecule has 0 aromatic carbocycles. The molecule has 0 amide bonds. The van der Waals surface area contributed by atoms with Crippen LogP contribution in [0.15, 0.2) is 12.7 Å². The van der Waals surface area contributed by atoms with E-state index in [1.165, 1.54) is 31.8 Å². The molecule has 0 radical (unpaired) electrons. The van der Waals surface area contributed by atoms with Crippen LogP contribution in [-0.2, 0) is 9.53 Å². The fourth-order valence-corrected chi connectivity index (χ4v) is 1.69. The largest absolute Gasteiger partial charge is 0.456 e. The van der Waals surface area contributed by atoms with Crippen LogP contribution in [0.5, 0.6) is 0 Å². The zero-order valence-electron chi connectivity index (χ0n) is 11.1. The van der Waals surface area contributed by atoms with E-state index in [9.17, 15) is 4.79 Å². The van der Waals surface area contributed by atoms with E-state index in [2.05, 4.69) is 20.4 Å². The summed E-state index contributed by atoms with van der Waals surface area (Å²) in [4.78, 5) is 11.2. The fourth-order valence-electron chi connectivity index (χ4n) is 1.69. The third-order valence-corrected chi connectivity index (χ3v) is 3.07. The number of carbonyl (C=O) groups excluding carboxylic acids is 1. The first-order chi connectivity index (χ1) is 7.58. The van der Waals surface area contributed by atoms with Gasteiger partial charge in [0.1, 0.15) is 5.60 Å². The van der Waals surface area contributed by atoms with Gasteiger partial charge in [-0.05, 0) is 26.2 Å². The average Bonchev–Trinajstić information content (AvgIpc) is 2.28. The van der Waals surface area contributed by atoms with Gasteiger partial charge >= 0.3 is 5.97 Å². The van der Waals surface area contributed by atoms with Crippen LogP contribution in [-0.4, -0.2) is 11.6 Å². The normalized spacial score (nSPS) is 14.2. The first-order valence-electron chi connectivity index (χ1n) is 6.43. The maximum atomic E-state index is 11.2. The van der Waals surface area contributed by atoms with Crippen LogP contribution < -0.4 is 0 Å². The van der Waals surface area contributed by atoms with E-state index in [1.54, 1.807) is 0 Å². The van der Waals surface area contributed by atoms with Gasteiger partial charge in [0, 0.05) is 6.08 Å². The van der Waals surface area contributed by atoms with Crippen LogP contribution >= 0.6 is 0 Å². The molecule has 0 rings (SSSR count). The van der Waals surface area contributed by atoms with E-state index in [-0.39, 0.29) is 11.6 Å². The maximum absolute atomic E-state index is 11.2. The van der Waals surface area contributed by atoms with E-state index < -0.39 is 0 Å². The van der Waals surface area contributed by atoms with Crippen LogP contribution in [0, 0.1) is 0 Å². The second-order valence-electron chi connectivity index (χ2n) is 4.59. The van der Waals surface area contributed by atoms with Gasteiger partial charge in [0.05, 0.1) is 0 Å². The summed E-state index contributed by atoms with van der Waals surface area (Å²) in [5.74, 6) is -0.307. The molecule has 0 saturated carbocycles. The van der Waals surface area contributed by atoms with E-state index in [1.807, 2.05) is 6.92 Å². The second-order valence-corrected chi connectivity index (χ2v) is 4.59. The maximum Gasteiger partial charge on any atom is 0.330 e. The lowest BCUT2D eigenvalue weighted by atomic mass is 9.95. The van der Waals surface area contributed by atoms with Crippen molar-refractivity contribution in [3.63, 3.8) is 0 Å². The Hall–Kier alpha value is -0.790. The molecule has 0 spiro atoms. The molecule has 0 saturated heterocycles. The third kappa shape index (κ3) is 6.65. The Morgan fingerprint density at radius 3 is 2.38 bits per heavy atom. The lowest BCUT2D eigenvalue weighted by Gasteiger charge is -2.27. The summed E-state index contributed by atoms with van der Waals surface area (Å²) in [5.41, 5.74) is -0.308. The summed E-state index contributed by atoms with van der Waals surface area (Å²) in [6.45, 7) is 9.70. The predicted molar refractivity (Wildman–Crippen MR) is 68.4 cm³/mol.